The van der Waals surface area contributed by atoms with Crippen molar-refractivity contribution >= 4 is 5.78 Å². The molecule has 0 aromatic rings. The summed E-state index contributed by atoms with van der Waals surface area (Å²) < 4.78 is 0. The Morgan fingerprint density at radius 3 is 2.38 bits per heavy atom. The van der Waals surface area contributed by atoms with E-state index in [1.165, 1.54) is 6.42 Å². The Morgan fingerprint density at radius 1 is 0.917 bits per heavy atom. The molecule has 4 rings (SSSR count). The number of rotatable bonds is 1. The third-order valence-electron chi connectivity index (χ3n) is 9.34. The molecular weight excluding hydrogens is 300 g/mol. The van der Waals surface area contributed by atoms with Gasteiger partial charge in [-0.15, -0.1) is 0 Å². The maximum absolute atomic E-state index is 12.2. The summed E-state index contributed by atoms with van der Waals surface area (Å²) in [5.74, 6) is 1.13. The lowest BCUT2D eigenvalue weighted by Gasteiger charge is -2.63. The highest BCUT2D eigenvalue weighted by atomic mass is 16.5. The Bertz CT molecular complexity index is 541. The first-order valence-corrected chi connectivity index (χ1v) is 10.2. The first-order valence-electron chi connectivity index (χ1n) is 10.2. The zero-order valence-electron chi connectivity index (χ0n) is 15.6. The van der Waals surface area contributed by atoms with Gasteiger partial charge in [-0.25, -0.2) is 0 Å². The molecule has 0 radical (unpaired) electrons. The van der Waals surface area contributed by atoms with Gasteiger partial charge in [0, 0.05) is 17.8 Å². The van der Waals surface area contributed by atoms with Crippen molar-refractivity contribution in [1.29, 1.82) is 0 Å². The van der Waals surface area contributed by atoms with Crippen LogP contribution in [0.15, 0.2) is 0 Å². The minimum Gasteiger partial charge on any atom is -0.365 e. The van der Waals surface area contributed by atoms with Gasteiger partial charge in [0.15, 0.2) is 5.79 Å². The third-order valence-corrected chi connectivity index (χ3v) is 9.34. The second-order valence-electron chi connectivity index (χ2n) is 9.93. The van der Waals surface area contributed by atoms with E-state index in [0.29, 0.717) is 35.9 Å². The Balaban J connectivity index is 1.69. The highest BCUT2D eigenvalue weighted by molar-refractivity contribution is 5.79. The SMILES string of the molecule is CC(=O)[C@@H]1CC[C@H]2[C@@H]3CC[C@H]4CCCC(O)(O)[C@]4(C)[C@H]3CC[C@]12C. The summed E-state index contributed by atoms with van der Waals surface area (Å²) in [4.78, 5) is 12.2. The number of carbonyl (C=O) groups is 1. The normalized spacial score (nSPS) is 53.0. The number of carbonyl (C=O) groups excluding carboxylic acids is 1. The number of ketones is 1. The summed E-state index contributed by atoms with van der Waals surface area (Å²) in [6.45, 7) is 6.30. The lowest BCUT2D eigenvalue weighted by atomic mass is 9.43. The van der Waals surface area contributed by atoms with Gasteiger partial charge in [0.2, 0.25) is 0 Å². The molecule has 0 heterocycles. The van der Waals surface area contributed by atoms with E-state index in [1.807, 2.05) is 0 Å². The monoisotopic (exact) mass is 334 g/mol. The van der Waals surface area contributed by atoms with E-state index in [4.69, 9.17) is 0 Å². The van der Waals surface area contributed by atoms with Crippen LogP contribution in [0, 0.1) is 40.4 Å². The van der Waals surface area contributed by atoms with E-state index >= 15 is 0 Å². The van der Waals surface area contributed by atoms with Crippen LogP contribution in [0.1, 0.15) is 78.6 Å². The Kier molecular flexibility index (Phi) is 3.76. The van der Waals surface area contributed by atoms with Crippen LogP contribution in [0.5, 0.6) is 0 Å². The highest BCUT2D eigenvalue weighted by Gasteiger charge is 2.65. The van der Waals surface area contributed by atoms with E-state index in [-0.39, 0.29) is 16.7 Å². The van der Waals surface area contributed by atoms with Crippen molar-refractivity contribution in [3.8, 4) is 0 Å². The van der Waals surface area contributed by atoms with Crippen molar-refractivity contribution in [2.45, 2.75) is 84.3 Å². The fourth-order valence-corrected chi connectivity index (χ4v) is 8.03. The molecule has 4 fully saturated rings. The van der Waals surface area contributed by atoms with E-state index in [9.17, 15) is 15.0 Å². The molecule has 3 nitrogen and oxygen atoms in total. The molecule has 0 aliphatic heterocycles. The van der Waals surface area contributed by atoms with E-state index in [0.717, 1.165) is 44.9 Å². The molecule has 0 spiro atoms. The molecule has 0 amide bonds. The lowest BCUT2D eigenvalue weighted by molar-refractivity contribution is -0.312. The summed E-state index contributed by atoms with van der Waals surface area (Å²) in [5, 5.41) is 21.8. The Hall–Kier alpha value is -0.410. The van der Waals surface area contributed by atoms with Crippen LogP contribution in [-0.2, 0) is 4.79 Å². The number of aliphatic hydroxyl groups is 2. The minimum atomic E-state index is -1.51. The van der Waals surface area contributed by atoms with Gasteiger partial charge in [0.1, 0.15) is 5.78 Å². The molecule has 4 aliphatic rings. The van der Waals surface area contributed by atoms with E-state index < -0.39 is 5.79 Å². The summed E-state index contributed by atoms with van der Waals surface area (Å²) in [7, 11) is 0. The quantitative estimate of drug-likeness (QED) is 0.715. The van der Waals surface area contributed by atoms with Crippen molar-refractivity contribution in [2.75, 3.05) is 0 Å². The smallest absolute Gasteiger partial charge is 0.168 e. The van der Waals surface area contributed by atoms with Gasteiger partial charge in [0.05, 0.1) is 0 Å². The number of hydrogen-bond acceptors (Lipinski definition) is 3. The predicted molar refractivity (Wildman–Crippen MR) is 93.1 cm³/mol. The van der Waals surface area contributed by atoms with Crippen molar-refractivity contribution in [3.05, 3.63) is 0 Å². The fourth-order valence-electron chi connectivity index (χ4n) is 8.03. The van der Waals surface area contributed by atoms with Crippen LogP contribution in [0.4, 0.5) is 0 Å². The maximum atomic E-state index is 12.2. The standard InChI is InChI=1S/C21H34O3/c1-13(22)16-8-9-17-15-7-6-14-5-4-11-21(23,24)20(14,3)18(15)10-12-19(16,17)2/h14-18,23-24H,4-12H2,1-3H3/t14-,15+,16+,17+,18+,19-,20+/m1/s1. The molecule has 7 atom stereocenters. The first kappa shape index (κ1) is 17.0. The molecule has 0 saturated heterocycles. The van der Waals surface area contributed by atoms with Crippen LogP contribution in [0.2, 0.25) is 0 Å². The number of fused-ring (bicyclic) bond motifs is 5. The summed E-state index contributed by atoms with van der Waals surface area (Å²) in [6.07, 6.45) is 9.35. The topological polar surface area (TPSA) is 57.5 Å². The third kappa shape index (κ3) is 2.00. The van der Waals surface area contributed by atoms with Crippen LogP contribution in [-0.4, -0.2) is 21.8 Å². The molecule has 0 bridgehead atoms. The molecule has 24 heavy (non-hydrogen) atoms. The zero-order chi connectivity index (χ0) is 17.3. The van der Waals surface area contributed by atoms with E-state index in [2.05, 4.69) is 13.8 Å². The van der Waals surface area contributed by atoms with Crippen molar-refractivity contribution in [1.82, 2.24) is 0 Å². The molecule has 0 aromatic carbocycles. The molecule has 3 heteroatoms. The van der Waals surface area contributed by atoms with Crippen LogP contribution < -0.4 is 0 Å². The van der Waals surface area contributed by atoms with Gasteiger partial charge in [0.25, 0.3) is 0 Å². The molecule has 136 valence electrons. The second kappa shape index (κ2) is 5.30. The van der Waals surface area contributed by atoms with Gasteiger partial charge < -0.3 is 10.2 Å². The molecule has 2 N–H and O–H groups in total. The first-order chi connectivity index (χ1) is 11.2. The molecule has 0 unspecified atom stereocenters. The largest absolute Gasteiger partial charge is 0.365 e. The second-order valence-corrected chi connectivity index (χ2v) is 9.93. The lowest BCUT2D eigenvalue weighted by Crippen LogP contribution is -2.63. The average molecular weight is 335 g/mol. The average Bonchev–Trinajstić information content (AvgIpc) is 2.86. The zero-order valence-corrected chi connectivity index (χ0v) is 15.6. The summed E-state index contributed by atoms with van der Waals surface area (Å²) in [6, 6.07) is 0. The van der Waals surface area contributed by atoms with Crippen molar-refractivity contribution in [3.63, 3.8) is 0 Å². The van der Waals surface area contributed by atoms with Crippen LogP contribution in [0.25, 0.3) is 0 Å². The highest BCUT2D eigenvalue weighted by Crippen LogP contribution is 2.68. The fraction of sp³-hybridized carbons (Fsp3) is 0.952. The van der Waals surface area contributed by atoms with Crippen molar-refractivity contribution in [2.24, 2.45) is 40.4 Å². The van der Waals surface area contributed by atoms with E-state index in [1.54, 1.807) is 6.92 Å². The number of Topliss-reactive ketones (excluding diaryl/α,β-unsaturated/α-hetero) is 1. The Labute approximate surface area is 146 Å². The molecule has 0 aromatic heterocycles. The van der Waals surface area contributed by atoms with Gasteiger partial charge >= 0.3 is 0 Å². The van der Waals surface area contributed by atoms with Crippen LogP contribution >= 0.6 is 0 Å². The Morgan fingerprint density at radius 2 is 1.67 bits per heavy atom. The van der Waals surface area contributed by atoms with Gasteiger partial charge in [-0.1, -0.05) is 13.8 Å². The van der Waals surface area contributed by atoms with Gasteiger partial charge in [-0.2, -0.15) is 0 Å². The van der Waals surface area contributed by atoms with Gasteiger partial charge in [-0.3, -0.25) is 4.79 Å². The summed E-state index contributed by atoms with van der Waals surface area (Å²) >= 11 is 0. The number of hydrogen-bond donors (Lipinski definition) is 2. The predicted octanol–water partition coefficient (Wildman–Crippen LogP) is 3.92. The maximum Gasteiger partial charge on any atom is 0.168 e. The molecular formula is C21H34O3. The van der Waals surface area contributed by atoms with Crippen molar-refractivity contribution < 1.29 is 15.0 Å². The van der Waals surface area contributed by atoms with Crippen LogP contribution in [0.3, 0.4) is 0 Å². The van der Waals surface area contributed by atoms with Gasteiger partial charge in [-0.05, 0) is 87.4 Å². The minimum absolute atomic E-state index is 0.151. The molecule has 4 saturated carbocycles. The summed E-state index contributed by atoms with van der Waals surface area (Å²) in [5.41, 5.74) is -0.206. The molecule has 4 aliphatic carbocycles.